The molecule has 21 heavy (non-hydrogen) atoms. The summed E-state index contributed by atoms with van der Waals surface area (Å²) in [5.74, 6) is 0.126. The van der Waals surface area contributed by atoms with Crippen molar-refractivity contribution in [3.63, 3.8) is 0 Å². The van der Waals surface area contributed by atoms with Gasteiger partial charge in [-0.05, 0) is 24.3 Å². The second-order valence-electron chi connectivity index (χ2n) is 4.29. The third kappa shape index (κ3) is 5.32. The van der Waals surface area contributed by atoms with E-state index in [2.05, 4.69) is 26.6 Å². The quantitative estimate of drug-likeness (QED) is 0.728. The van der Waals surface area contributed by atoms with Gasteiger partial charge in [0.15, 0.2) is 5.76 Å². The number of hydrogen-bond acceptors (Lipinski definition) is 4. The molecule has 7 heteroatoms. The number of methoxy groups -OCH3 is 1. The first kappa shape index (κ1) is 18.0. The molecule has 2 aromatic rings. The second-order valence-corrected chi connectivity index (χ2v) is 5.21. The van der Waals surface area contributed by atoms with Crippen molar-refractivity contribution in [2.45, 2.75) is 0 Å². The Labute approximate surface area is 137 Å². The van der Waals surface area contributed by atoms with Crippen LogP contribution in [0.2, 0.25) is 0 Å². The summed E-state index contributed by atoms with van der Waals surface area (Å²) in [5.41, 5.74) is 0.705. The molecule has 2 rings (SSSR count). The van der Waals surface area contributed by atoms with Crippen molar-refractivity contribution in [2.24, 2.45) is 0 Å². The molecule has 0 atom stereocenters. The summed E-state index contributed by atoms with van der Waals surface area (Å²) in [5, 5.41) is 6.86. The van der Waals surface area contributed by atoms with E-state index in [9.17, 15) is 4.79 Å². The van der Waals surface area contributed by atoms with Crippen LogP contribution in [-0.2, 0) is 4.74 Å². The smallest absolute Gasteiger partial charge is 0.287 e. The Kier molecular flexibility index (Phi) is 7.74. The van der Waals surface area contributed by atoms with Crippen molar-refractivity contribution < 1.29 is 13.9 Å². The number of carbonyl (C=O) groups excluding carboxylic acids is 1. The van der Waals surface area contributed by atoms with E-state index in [4.69, 9.17) is 9.15 Å². The minimum atomic E-state index is -0.203. The van der Waals surface area contributed by atoms with E-state index in [1.165, 1.54) is 0 Å². The van der Waals surface area contributed by atoms with E-state index in [1.54, 1.807) is 13.2 Å². The van der Waals surface area contributed by atoms with Gasteiger partial charge in [0.1, 0.15) is 5.58 Å². The molecule has 116 valence electrons. The average Bonchev–Trinajstić information content (AvgIpc) is 2.85. The Hall–Kier alpha value is -1.08. The van der Waals surface area contributed by atoms with Crippen LogP contribution in [0.3, 0.4) is 0 Å². The molecule has 0 aliphatic heterocycles. The largest absolute Gasteiger partial charge is 0.451 e. The molecule has 1 amide bonds. The van der Waals surface area contributed by atoms with Gasteiger partial charge < -0.3 is 19.8 Å². The number of ether oxygens (including phenoxy) is 1. The van der Waals surface area contributed by atoms with Crippen LogP contribution in [-0.4, -0.2) is 39.3 Å². The molecule has 0 aliphatic rings. The molecular formula is C14H18BrClN2O3. The first-order chi connectivity index (χ1) is 9.70. The first-order valence-corrected chi connectivity index (χ1v) is 7.17. The molecule has 5 nitrogen and oxygen atoms in total. The Balaban J connectivity index is 0.00000220. The maximum atomic E-state index is 11.9. The molecular weight excluding hydrogens is 360 g/mol. The van der Waals surface area contributed by atoms with Gasteiger partial charge in [0.25, 0.3) is 5.91 Å². The van der Waals surface area contributed by atoms with Crippen LogP contribution in [0.15, 0.2) is 33.2 Å². The summed E-state index contributed by atoms with van der Waals surface area (Å²) >= 11 is 3.39. The molecule has 1 aromatic carbocycles. The fraction of sp³-hybridized carbons (Fsp3) is 0.357. The van der Waals surface area contributed by atoms with Crippen molar-refractivity contribution >= 4 is 45.2 Å². The van der Waals surface area contributed by atoms with Crippen LogP contribution in [0.1, 0.15) is 10.6 Å². The van der Waals surface area contributed by atoms with E-state index in [1.807, 2.05) is 18.2 Å². The fourth-order valence-electron chi connectivity index (χ4n) is 1.78. The average molecular weight is 378 g/mol. The van der Waals surface area contributed by atoms with Gasteiger partial charge in [-0.15, -0.1) is 12.4 Å². The van der Waals surface area contributed by atoms with Gasteiger partial charge in [-0.2, -0.15) is 0 Å². The second kappa shape index (κ2) is 9.04. The molecule has 2 N–H and O–H groups in total. The molecule has 0 saturated carbocycles. The van der Waals surface area contributed by atoms with E-state index in [-0.39, 0.29) is 18.3 Å². The number of halogens is 2. The highest BCUT2D eigenvalue weighted by molar-refractivity contribution is 9.10. The lowest BCUT2D eigenvalue weighted by Crippen LogP contribution is -2.32. The summed E-state index contributed by atoms with van der Waals surface area (Å²) < 4.78 is 11.4. The van der Waals surface area contributed by atoms with Crippen LogP contribution in [0, 0.1) is 0 Å². The van der Waals surface area contributed by atoms with Crippen LogP contribution in [0.5, 0.6) is 0 Å². The molecule has 0 radical (unpaired) electrons. The molecule has 1 heterocycles. The number of fused-ring (bicyclic) bond motifs is 1. The molecule has 0 bridgehead atoms. The van der Waals surface area contributed by atoms with Crippen LogP contribution in [0.25, 0.3) is 11.0 Å². The highest BCUT2D eigenvalue weighted by Crippen LogP contribution is 2.23. The summed E-state index contributed by atoms with van der Waals surface area (Å²) in [7, 11) is 1.66. The number of carbonyl (C=O) groups is 1. The molecule has 0 aliphatic carbocycles. The van der Waals surface area contributed by atoms with Crippen molar-refractivity contribution in [1.29, 1.82) is 0 Å². The highest BCUT2D eigenvalue weighted by atomic mass is 79.9. The Morgan fingerprint density at radius 1 is 1.29 bits per heavy atom. The van der Waals surface area contributed by atoms with Crippen molar-refractivity contribution in [3.8, 4) is 0 Å². The van der Waals surface area contributed by atoms with Gasteiger partial charge >= 0.3 is 0 Å². The lowest BCUT2D eigenvalue weighted by atomic mass is 10.2. The number of hydrogen-bond donors (Lipinski definition) is 2. The maximum absolute atomic E-state index is 11.9. The van der Waals surface area contributed by atoms with E-state index in [0.717, 1.165) is 16.4 Å². The summed E-state index contributed by atoms with van der Waals surface area (Å²) in [6.07, 6.45) is 0. The number of nitrogens with one attached hydrogen (secondary N) is 2. The number of rotatable bonds is 7. The predicted octanol–water partition coefficient (Wildman–Crippen LogP) is 2.58. The molecule has 0 spiro atoms. The van der Waals surface area contributed by atoms with Gasteiger partial charge in [-0.1, -0.05) is 15.9 Å². The lowest BCUT2D eigenvalue weighted by Gasteiger charge is -2.04. The van der Waals surface area contributed by atoms with E-state index < -0.39 is 0 Å². The Morgan fingerprint density at radius 2 is 2.10 bits per heavy atom. The predicted molar refractivity (Wildman–Crippen MR) is 88.2 cm³/mol. The minimum absolute atomic E-state index is 0. The molecule has 1 aromatic heterocycles. The molecule has 0 saturated heterocycles. The first-order valence-electron chi connectivity index (χ1n) is 6.37. The van der Waals surface area contributed by atoms with Gasteiger partial charge in [-0.25, -0.2) is 0 Å². The monoisotopic (exact) mass is 376 g/mol. The summed E-state index contributed by atoms with van der Waals surface area (Å²) in [6.45, 7) is 2.67. The van der Waals surface area contributed by atoms with Gasteiger partial charge in [0.05, 0.1) is 6.61 Å². The zero-order valence-corrected chi connectivity index (χ0v) is 14.1. The SMILES string of the molecule is COCCNCCNC(=O)c1cc2cc(Br)ccc2o1.Cl. The third-order valence-corrected chi connectivity index (χ3v) is 3.27. The van der Waals surface area contributed by atoms with Crippen LogP contribution >= 0.6 is 28.3 Å². The van der Waals surface area contributed by atoms with Crippen molar-refractivity contribution in [3.05, 3.63) is 34.5 Å². The van der Waals surface area contributed by atoms with Gasteiger partial charge in [0, 0.05) is 36.6 Å². The van der Waals surface area contributed by atoms with E-state index in [0.29, 0.717) is 31.0 Å². The molecule has 0 fully saturated rings. The standard InChI is InChI=1S/C14H17BrN2O3.ClH/c1-19-7-6-16-4-5-17-14(18)13-9-10-8-11(15)2-3-12(10)20-13;/h2-3,8-9,16H,4-7H2,1H3,(H,17,18);1H. The number of amides is 1. The van der Waals surface area contributed by atoms with Gasteiger partial charge in [0.2, 0.25) is 0 Å². The number of furan rings is 1. The Morgan fingerprint density at radius 3 is 2.86 bits per heavy atom. The third-order valence-electron chi connectivity index (χ3n) is 2.77. The van der Waals surface area contributed by atoms with Gasteiger partial charge in [-0.3, -0.25) is 4.79 Å². The zero-order chi connectivity index (χ0) is 14.4. The normalized spacial score (nSPS) is 10.4. The topological polar surface area (TPSA) is 63.5 Å². The minimum Gasteiger partial charge on any atom is -0.451 e. The van der Waals surface area contributed by atoms with Crippen LogP contribution in [0.4, 0.5) is 0 Å². The zero-order valence-electron chi connectivity index (χ0n) is 11.6. The lowest BCUT2D eigenvalue weighted by molar-refractivity contribution is 0.0928. The maximum Gasteiger partial charge on any atom is 0.287 e. The van der Waals surface area contributed by atoms with Crippen LogP contribution < -0.4 is 10.6 Å². The van der Waals surface area contributed by atoms with Crippen molar-refractivity contribution in [1.82, 2.24) is 10.6 Å². The molecule has 0 unspecified atom stereocenters. The van der Waals surface area contributed by atoms with E-state index >= 15 is 0 Å². The summed E-state index contributed by atoms with van der Waals surface area (Å²) in [6, 6.07) is 7.38. The highest BCUT2D eigenvalue weighted by Gasteiger charge is 2.11. The van der Waals surface area contributed by atoms with Crippen molar-refractivity contribution in [2.75, 3.05) is 33.4 Å². The summed E-state index contributed by atoms with van der Waals surface area (Å²) in [4.78, 5) is 11.9. The fourth-order valence-corrected chi connectivity index (χ4v) is 2.16. The Bertz CT molecular complexity index is 589. The number of benzene rings is 1.